The molecule has 0 unspecified atom stereocenters. The molecule has 1 fully saturated rings. The van der Waals surface area contributed by atoms with Gasteiger partial charge in [-0.1, -0.05) is 56.2 Å². The Balaban J connectivity index is 1.45. The third-order valence-electron chi connectivity index (χ3n) is 7.08. The van der Waals surface area contributed by atoms with Crippen LogP contribution in [0.1, 0.15) is 68.1 Å². The first-order valence-corrected chi connectivity index (χ1v) is 12.1. The van der Waals surface area contributed by atoms with Crippen LogP contribution >= 0.6 is 0 Å². The van der Waals surface area contributed by atoms with Crippen molar-refractivity contribution in [3.05, 3.63) is 88.7 Å². The molecule has 0 spiro atoms. The molecule has 0 saturated heterocycles. The van der Waals surface area contributed by atoms with Crippen molar-refractivity contribution in [1.82, 2.24) is 0 Å². The van der Waals surface area contributed by atoms with Crippen molar-refractivity contribution >= 4 is 0 Å². The lowest BCUT2D eigenvalue weighted by atomic mass is 9.77. The van der Waals surface area contributed by atoms with Crippen molar-refractivity contribution in [3.63, 3.8) is 0 Å². The Labute approximate surface area is 202 Å². The van der Waals surface area contributed by atoms with Crippen LogP contribution in [0, 0.1) is 30.3 Å². The summed E-state index contributed by atoms with van der Waals surface area (Å²) < 4.78 is 74.5. The van der Waals surface area contributed by atoms with Gasteiger partial charge in [-0.2, -0.15) is 8.78 Å². The smallest absolute Gasteiger partial charge is 0.426 e. The lowest BCUT2D eigenvalue weighted by molar-refractivity contribution is -0.186. The zero-order valence-electron chi connectivity index (χ0n) is 19.9. The second-order valence-electron chi connectivity index (χ2n) is 9.43. The van der Waals surface area contributed by atoms with E-state index in [1.165, 1.54) is 56.2 Å². The van der Waals surface area contributed by atoms with Gasteiger partial charge in [-0.3, -0.25) is 0 Å². The lowest BCUT2D eigenvalue weighted by Gasteiger charge is -2.28. The summed E-state index contributed by atoms with van der Waals surface area (Å²) in [6.07, 6.45) is 3.64. The van der Waals surface area contributed by atoms with Crippen molar-refractivity contribution in [1.29, 1.82) is 0 Å². The molecule has 0 aliphatic heterocycles. The molecule has 1 aliphatic rings. The van der Waals surface area contributed by atoms with Gasteiger partial charge in [-0.15, -0.1) is 0 Å². The Morgan fingerprint density at radius 3 is 1.97 bits per heavy atom. The van der Waals surface area contributed by atoms with Gasteiger partial charge < -0.3 is 4.74 Å². The van der Waals surface area contributed by atoms with Crippen LogP contribution in [0.3, 0.4) is 0 Å². The van der Waals surface area contributed by atoms with Crippen molar-refractivity contribution < 1.29 is 26.7 Å². The van der Waals surface area contributed by atoms with Crippen LogP contribution in [-0.4, -0.2) is 0 Å². The third kappa shape index (κ3) is 5.52. The predicted molar refractivity (Wildman–Crippen MR) is 127 cm³/mol. The highest BCUT2D eigenvalue weighted by atomic mass is 19.3. The van der Waals surface area contributed by atoms with Gasteiger partial charge in [0.25, 0.3) is 0 Å². The number of ether oxygens (including phenoxy) is 1. The highest BCUT2D eigenvalue weighted by Crippen LogP contribution is 2.39. The number of rotatable bonds is 7. The molecule has 0 amide bonds. The molecule has 0 radical (unpaired) electrons. The van der Waals surface area contributed by atoms with E-state index in [1.807, 2.05) is 12.1 Å². The summed E-state index contributed by atoms with van der Waals surface area (Å²) in [5.41, 5.74) is 1.97. The van der Waals surface area contributed by atoms with E-state index in [2.05, 4.69) is 23.8 Å². The minimum absolute atomic E-state index is 0.424. The molecule has 3 aromatic rings. The molecule has 0 atom stereocenters. The highest BCUT2D eigenvalue weighted by molar-refractivity contribution is 5.64. The zero-order chi connectivity index (χ0) is 25.2. The normalized spacial score (nSPS) is 18.5. The Kier molecular flexibility index (Phi) is 7.48. The molecular weight excluding hydrogens is 459 g/mol. The van der Waals surface area contributed by atoms with Crippen LogP contribution in [0.5, 0.6) is 5.75 Å². The van der Waals surface area contributed by atoms with Crippen LogP contribution in [0.4, 0.5) is 22.0 Å². The maximum absolute atomic E-state index is 14.7. The number of hydrogen-bond acceptors (Lipinski definition) is 1. The van der Waals surface area contributed by atoms with Crippen molar-refractivity contribution in [2.24, 2.45) is 5.92 Å². The van der Waals surface area contributed by atoms with Crippen molar-refractivity contribution in [2.45, 2.75) is 64.4 Å². The van der Waals surface area contributed by atoms with E-state index in [4.69, 9.17) is 0 Å². The summed E-state index contributed by atoms with van der Waals surface area (Å²) in [6, 6.07) is 14.2. The van der Waals surface area contributed by atoms with Crippen LogP contribution < -0.4 is 4.74 Å². The largest absolute Gasteiger partial charge is 0.428 e. The van der Waals surface area contributed by atoms with E-state index in [1.54, 1.807) is 12.1 Å². The van der Waals surface area contributed by atoms with Gasteiger partial charge in [-0.05, 0) is 73.3 Å². The number of hydrogen-bond donors (Lipinski definition) is 0. The quantitative estimate of drug-likeness (QED) is 0.238. The van der Waals surface area contributed by atoms with Crippen molar-refractivity contribution in [3.8, 4) is 16.9 Å². The first-order chi connectivity index (χ1) is 16.7. The van der Waals surface area contributed by atoms with Gasteiger partial charge in [0.05, 0.1) is 5.56 Å². The predicted octanol–water partition coefficient (Wildman–Crippen LogP) is 9.28. The minimum Gasteiger partial charge on any atom is -0.428 e. The Hall–Kier alpha value is -2.89. The van der Waals surface area contributed by atoms with Gasteiger partial charge in [0, 0.05) is 11.6 Å². The van der Waals surface area contributed by atoms with Gasteiger partial charge in [0.15, 0.2) is 17.5 Å². The summed E-state index contributed by atoms with van der Waals surface area (Å²) >= 11 is 0. The summed E-state index contributed by atoms with van der Waals surface area (Å²) in [7, 11) is 0. The van der Waals surface area contributed by atoms with Gasteiger partial charge in [0.1, 0.15) is 5.75 Å². The molecule has 186 valence electrons. The summed E-state index contributed by atoms with van der Waals surface area (Å²) in [4.78, 5) is 0. The first-order valence-electron chi connectivity index (χ1n) is 12.1. The second kappa shape index (κ2) is 10.4. The third-order valence-corrected chi connectivity index (χ3v) is 7.08. The molecule has 4 rings (SSSR count). The molecule has 35 heavy (non-hydrogen) atoms. The maximum Gasteiger partial charge on any atom is 0.426 e. The number of benzene rings is 3. The fraction of sp³-hybridized carbons (Fsp3) is 0.379. The van der Waals surface area contributed by atoms with Crippen molar-refractivity contribution in [2.75, 3.05) is 0 Å². The minimum atomic E-state index is -3.86. The second-order valence-corrected chi connectivity index (χ2v) is 9.43. The monoisotopic (exact) mass is 488 g/mol. The average Bonchev–Trinajstić information content (AvgIpc) is 2.87. The van der Waals surface area contributed by atoms with Gasteiger partial charge >= 0.3 is 6.11 Å². The molecule has 6 heteroatoms. The van der Waals surface area contributed by atoms with Crippen LogP contribution in [-0.2, 0) is 6.11 Å². The highest BCUT2D eigenvalue weighted by Gasteiger charge is 2.36. The van der Waals surface area contributed by atoms with E-state index in [0.29, 0.717) is 12.0 Å². The first kappa shape index (κ1) is 25.2. The summed E-state index contributed by atoms with van der Waals surface area (Å²) in [6.45, 7) is 3.28. The summed E-state index contributed by atoms with van der Waals surface area (Å²) in [5, 5.41) is 0. The van der Waals surface area contributed by atoms with E-state index < -0.39 is 40.4 Å². The van der Waals surface area contributed by atoms with E-state index in [-0.39, 0.29) is 0 Å². The molecule has 1 saturated carbocycles. The molecule has 0 heterocycles. The number of halogens is 5. The van der Waals surface area contributed by atoms with Gasteiger partial charge in [0.2, 0.25) is 0 Å². The molecular formula is C29H29F5O. The Bertz CT molecular complexity index is 1150. The molecule has 1 aliphatic carbocycles. The Morgan fingerprint density at radius 1 is 0.829 bits per heavy atom. The molecule has 0 bridgehead atoms. The number of alkyl halides is 2. The topological polar surface area (TPSA) is 9.23 Å². The van der Waals surface area contributed by atoms with Crippen LogP contribution in [0.2, 0.25) is 0 Å². The zero-order valence-corrected chi connectivity index (χ0v) is 19.9. The van der Waals surface area contributed by atoms with Crippen LogP contribution in [0.25, 0.3) is 11.1 Å². The van der Waals surface area contributed by atoms with E-state index in [9.17, 15) is 22.0 Å². The average molecular weight is 489 g/mol. The summed E-state index contributed by atoms with van der Waals surface area (Å²) in [5.74, 6) is -4.20. The fourth-order valence-corrected chi connectivity index (χ4v) is 4.96. The fourth-order valence-electron chi connectivity index (χ4n) is 4.96. The van der Waals surface area contributed by atoms with E-state index in [0.717, 1.165) is 24.0 Å². The molecule has 0 N–H and O–H groups in total. The Morgan fingerprint density at radius 2 is 1.40 bits per heavy atom. The SMILES string of the molecule is CCCC1CCC(c2ccc(-c3ccc(C(F)(F)Oc4cc(F)c(F)c(F)c4C)cc3)cc2)CC1. The van der Waals surface area contributed by atoms with E-state index >= 15 is 0 Å². The van der Waals surface area contributed by atoms with Gasteiger partial charge in [-0.25, -0.2) is 13.2 Å². The lowest BCUT2D eigenvalue weighted by Crippen LogP contribution is -2.22. The molecule has 1 nitrogen and oxygen atoms in total. The standard InChI is InChI=1S/C29H29F5O/c1-3-4-19-5-7-20(8-6-19)21-9-11-22(12-10-21)23-13-15-24(16-14-23)29(33,34)35-26-17-25(30)28(32)27(31)18(26)2/h9-17,19-20H,3-8H2,1-2H3. The molecule has 0 aromatic heterocycles. The maximum atomic E-state index is 14.7. The van der Waals surface area contributed by atoms with Crippen LogP contribution in [0.15, 0.2) is 54.6 Å². The molecule has 3 aromatic carbocycles.